The average Bonchev–Trinajstić information content (AvgIpc) is 2.75. The van der Waals surface area contributed by atoms with Gasteiger partial charge in [-0.1, -0.05) is 36.4 Å². The lowest BCUT2D eigenvalue weighted by atomic mass is 10.1. The number of hydrogen-bond donors (Lipinski definition) is 2. The summed E-state index contributed by atoms with van der Waals surface area (Å²) in [6, 6.07) is 18.0. The van der Waals surface area contributed by atoms with Gasteiger partial charge in [0.1, 0.15) is 12.7 Å². The summed E-state index contributed by atoms with van der Waals surface area (Å²) in [5.74, 6) is 2.31. The predicted octanol–water partition coefficient (Wildman–Crippen LogP) is 3.13. The number of nitrogens with one attached hydrogen (secondary N) is 2. The third kappa shape index (κ3) is 4.17. The van der Waals surface area contributed by atoms with Crippen LogP contribution in [0.2, 0.25) is 0 Å². The van der Waals surface area contributed by atoms with E-state index in [1.807, 2.05) is 55.6 Å². The van der Waals surface area contributed by atoms with Crippen LogP contribution in [0, 0.1) is 0 Å². The summed E-state index contributed by atoms with van der Waals surface area (Å²) >= 11 is 0. The minimum absolute atomic E-state index is 0.0746. The Balaban J connectivity index is 1.41. The smallest absolute Gasteiger partial charge is 0.191 e. The first-order chi connectivity index (χ1) is 13.8. The van der Waals surface area contributed by atoms with Gasteiger partial charge >= 0.3 is 0 Å². The van der Waals surface area contributed by atoms with Crippen LogP contribution < -0.4 is 20.1 Å². The van der Waals surface area contributed by atoms with Gasteiger partial charge in [0.2, 0.25) is 0 Å². The number of pyridine rings is 1. The van der Waals surface area contributed by atoms with Gasteiger partial charge in [0.25, 0.3) is 0 Å². The Labute approximate surface area is 164 Å². The molecule has 0 fully saturated rings. The summed E-state index contributed by atoms with van der Waals surface area (Å²) in [7, 11) is 0. The third-order valence-corrected chi connectivity index (χ3v) is 4.55. The molecule has 1 aliphatic heterocycles. The largest absolute Gasteiger partial charge is 0.486 e. The fourth-order valence-electron chi connectivity index (χ4n) is 3.18. The molecular formula is C22H24N4O2. The van der Waals surface area contributed by atoms with Crippen molar-refractivity contribution in [2.75, 3.05) is 19.7 Å². The molecule has 4 rings (SSSR count). The lowest BCUT2D eigenvalue weighted by Crippen LogP contribution is -2.45. The molecule has 6 nitrogen and oxygen atoms in total. The van der Waals surface area contributed by atoms with Gasteiger partial charge in [0.15, 0.2) is 17.5 Å². The number of guanidine groups is 1. The van der Waals surface area contributed by atoms with E-state index in [0.717, 1.165) is 35.1 Å². The molecule has 6 heteroatoms. The van der Waals surface area contributed by atoms with Gasteiger partial charge in [-0.2, -0.15) is 0 Å². The molecule has 1 unspecified atom stereocenters. The molecule has 0 bridgehead atoms. The van der Waals surface area contributed by atoms with E-state index >= 15 is 0 Å². The summed E-state index contributed by atoms with van der Waals surface area (Å²) in [6.07, 6.45) is 1.76. The Bertz CT molecular complexity index is 968. The van der Waals surface area contributed by atoms with Crippen LogP contribution in [0.15, 0.2) is 65.8 Å². The number of benzene rings is 2. The molecule has 144 valence electrons. The van der Waals surface area contributed by atoms with Gasteiger partial charge < -0.3 is 20.1 Å². The maximum atomic E-state index is 6.00. The molecule has 2 aromatic carbocycles. The summed E-state index contributed by atoms with van der Waals surface area (Å²) in [5.41, 5.74) is 0.960. The Morgan fingerprint density at radius 3 is 2.79 bits per heavy atom. The second kappa shape index (κ2) is 8.61. The van der Waals surface area contributed by atoms with Crippen molar-refractivity contribution < 1.29 is 9.47 Å². The molecule has 28 heavy (non-hydrogen) atoms. The Kier molecular flexibility index (Phi) is 5.56. The lowest BCUT2D eigenvalue weighted by Gasteiger charge is -2.27. The quantitative estimate of drug-likeness (QED) is 0.529. The van der Waals surface area contributed by atoms with Crippen LogP contribution in [0.5, 0.6) is 11.5 Å². The van der Waals surface area contributed by atoms with Crippen LogP contribution in [0.3, 0.4) is 0 Å². The van der Waals surface area contributed by atoms with Crippen molar-refractivity contribution >= 4 is 16.7 Å². The number of aliphatic imine (C=N–C) groups is 1. The fraction of sp³-hybridized carbons (Fsp3) is 0.273. The van der Waals surface area contributed by atoms with Gasteiger partial charge in [-0.3, -0.25) is 4.98 Å². The molecule has 1 aliphatic rings. The number of nitrogens with zero attached hydrogens (tertiary/aromatic N) is 2. The van der Waals surface area contributed by atoms with E-state index < -0.39 is 0 Å². The highest BCUT2D eigenvalue weighted by Crippen LogP contribution is 2.30. The number of ether oxygens (including phenoxy) is 2. The van der Waals surface area contributed by atoms with E-state index in [1.54, 1.807) is 0 Å². The number of hydrogen-bond acceptors (Lipinski definition) is 4. The highest BCUT2D eigenvalue weighted by molar-refractivity contribution is 5.85. The minimum Gasteiger partial charge on any atom is -0.486 e. The number of para-hydroxylation sites is 2. The normalized spacial score (nSPS) is 16.0. The van der Waals surface area contributed by atoms with Gasteiger partial charge in [-0.15, -0.1) is 0 Å². The number of rotatable bonds is 5. The molecule has 0 saturated heterocycles. The summed E-state index contributed by atoms with van der Waals surface area (Å²) in [6.45, 7) is 4.43. The molecule has 1 aromatic heterocycles. The standard InChI is InChI=1S/C22H24N4O2/c1-2-23-22(25-13-17-15-27-20-9-5-6-10-21(20)28-17)26-14-19-18-8-4-3-7-16(18)11-12-24-19/h3-12,17H,2,13-15H2,1H3,(H2,23,25,26). The molecule has 0 amide bonds. The van der Waals surface area contributed by atoms with E-state index in [4.69, 9.17) is 14.5 Å². The van der Waals surface area contributed by atoms with Crippen molar-refractivity contribution in [3.05, 3.63) is 66.5 Å². The highest BCUT2D eigenvalue weighted by atomic mass is 16.6. The van der Waals surface area contributed by atoms with Crippen molar-refractivity contribution in [3.8, 4) is 11.5 Å². The fourth-order valence-corrected chi connectivity index (χ4v) is 3.18. The van der Waals surface area contributed by atoms with E-state index in [2.05, 4.69) is 27.8 Å². The average molecular weight is 376 g/mol. The van der Waals surface area contributed by atoms with Crippen molar-refractivity contribution in [1.29, 1.82) is 0 Å². The third-order valence-electron chi connectivity index (χ3n) is 4.55. The minimum atomic E-state index is -0.0746. The second-order valence-electron chi connectivity index (χ2n) is 6.55. The Hall–Kier alpha value is -3.28. The van der Waals surface area contributed by atoms with E-state index in [0.29, 0.717) is 19.7 Å². The van der Waals surface area contributed by atoms with E-state index in [-0.39, 0.29) is 6.10 Å². The van der Waals surface area contributed by atoms with Crippen LogP contribution >= 0.6 is 0 Å². The van der Waals surface area contributed by atoms with Gasteiger partial charge in [-0.25, -0.2) is 4.99 Å². The molecule has 0 radical (unpaired) electrons. The van der Waals surface area contributed by atoms with Crippen molar-refractivity contribution in [2.24, 2.45) is 4.99 Å². The van der Waals surface area contributed by atoms with Crippen molar-refractivity contribution in [1.82, 2.24) is 15.6 Å². The molecule has 2 N–H and O–H groups in total. The first kappa shape index (κ1) is 18.1. The molecule has 0 saturated carbocycles. The SMILES string of the molecule is CCNC(=NCc1nccc2ccccc12)NCC1COc2ccccc2O1. The molecule has 2 heterocycles. The molecule has 0 spiro atoms. The Morgan fingerprint density at radius 1 is 1.07 bits per heavy atom. The molecule has 3 aromatic rings. The predicted molar refractivity (Wildman–Crippen MR) is 111 cm³/mol. The van der Waals surface area contributed by atoms with Crippen LogP contribution in [-0.2, 0) is 6.54 Å². The van der Waals surface area contributed by atoms with Crippen LogP contribution in [0.25, 0.3) is 10.8 Å². The van der Waals surface area contributed by atoms with E-state index in [9.17, 15) is 0 Å². The van der Waals surface area contributed by atoms with Gasteiger partial charge in [0.05, 0.1) is 18.8 Å². The summed E-state index contributed by atoms with van der Waals surface area (Å²) in [4.78, 5) is 9.20. The molecule has 0 aliphatic carbocycles. The zero-order valence-corrected chi connectivity index (χ0v) is 15.9. The summed E-state index contributed by atoms with van der Waals surface area (Å²) in [5, 5.41) is 8.92. The number of fused-ring (bicyclic) bond motifs is 2. The van der Waals surface area contributed by atoms with Crippen LogP contribution in [0.1, 0.15) is 12.6 Å². The number of aromatic nitrogens is 1. The lowest BCUT2D eigenvalue weighted by molar-refractivity contribution is 0.0936. The van der Waals surface area contributed by atoms with Crippen LogP contribution in [0.4, 0.5) is 0 Å². The van der Waals surface area contributed by atoms with Crippen LogP contribution in [-0.4, -0.2) is 36.7 Å². The maximum Gasteiger partial charge on any atom is 0.191 e. The van der Waals surface area contributed by atoms with E-state index in [1.165, 1.54) is 5.39 Å². The first-order valence-corrected chi connectivity index (χ1v) is 9.57. The maximum absolute atomic E-state index is 6.00. The van der Waals surface area contributed by atoms with Gasteiger partial charge in [0, 0.05) is 18.1 Å². The highest BCUT2D eigenvalue weighted by Gasteiger charge is 2.20. The zero-order chi connectivity index (χ0) is 19.2. The molecular weight excluding hydrogens is 352 g/mol. The van der Waals surface area contributed by atoms with Crippen molar-refractivity contribution in [2.45, 2.75) is 19.6 Å². The Morgan fingerprint density at radius 2 is 1.89 bits per heavy atom. The van der Waals surface area contributed by atoms with Gasteiger partial charge in [-0.05, 0) is 30.5 Å². The zero-order valence-electron chi connectivity index (χ0n) is 15.9. The van der Waals surface area contributed by atoms with Crippen molar-refractivity contribution in [3.63, 3.8) is 0 Å². The monoisotopic (exact) mass is 376 g/mol. The topological polar surface area (TPSA) is 67.8 Å². The second-order valence-corrected chi connectivity index (χ2v) is 6.55. The first-order valence-electron chi connectivity index (χ1n) is 9.57. The summed E-state index contributed by atoms with van der Waals surface area (Å²) < 4.78 is 11.8. The molecule has 1 atom stereocenters.